The SMILES string of the molecule is COCCN(C(=O)c1cc(N)c(C)cc1C)C1CC1. The second-order valence-electron chi connectivity index (χ2n) is 5.25. The number of ether oxygens (including phenoxy) is 1. The van der Waals surface area contributed by atoms with Crippen molar-refractivity contribution < 1.29 is 9.53 Å². The Hall–Kier alpha value is -1.55. The minimum atomic E-state index is 0.0729. The van der Waals surface area contributed by atoms with Crippen molar-refractivity contribution in [1.29, 1.82) is 0 Å². The number of aryl methyl sites for hydroxylation is 2. The zero-order chi connectivity index (χ0) is 14.0. The minimum absolute atomic E-state index is 0.0729. The van der Waals surface area contributed by atoms with Crippen LogP contribution in [0, 0.1) is 13.8 Å². The summed E-state index contributed by atoms with van der Waals surface area (Å²) in [5.41, 5.74) is 9.32. The standard InChI is InChI=1S/C15H22N2O2/c1-10-8-11(2)14(16)9-13(10)15(18)17(6-7-19-3)12-4-5-12/h8-9,12H,4-7,16H2,1-3H3. The van der Waals surface area contributed by atoms with E-state index >= 15 is 0 Å². The van der Waals surface area contributed by atoms with Gasteiger partial charge in [-0.3, -0.25) is 4.79 Å². The van der Waals surface area contributed by atoms with Gasteiger partial charge in [0.1, 0.15) is 0 Å². The van der Waals surface area contributed by atoms with E-state index in [1.165, 1.54) is 0 Å². The average Bonchev–Trinajstić information content (AvgIpc) is 3.18. The normalized spacial score (nSPS) is 14.5. The van der Waals surface area contributed by atoms with Crippen LogP contribution in [0.4, 0.5) is 5.69 Å². The van der Waals surface area contributed by atoms with Crippen molar-refractivity contribution in [3.63, 3.8) is 0 Å². The predicted molar refractivity (Wildman–Crippen MR) is 76.3 cm³/mol. The van der Waals surface area contributed by atoms with Crippen molar-refractivity contribution in [3.8, 4) is 0 Å². The van der Waals surface area contributed by atoms with Gasteiger partial charge in [-0.05, 0) is 43.9 Å². The highest BCUT2D eigenvalue weighted by atomic mass is 16.5. The zero-order valence-corrected chi connectivity index (χ0v) is 11.9. The maximum Gasteiger partial charge on any atom is 0.254 e. The topological polar surface area (TPSA) is 55.6 Å². The third-order valence-corrected chi connectivity index (χ3v) is 3.63. The van der Waals surface area contributed by atoms with E-state index in [-0.39, 0.29) is 5.91 Å². The number of methoxy groups -OCH3 is 1. The molecule has 2 rings (SSSR count). The molecule has 1 aromatic rings. The van der Waals surface area contributed by atoms with E-state index in [4.69, 9.17) is 10.5 Å². The number of benzene rings is 1. The molecular formula is C15H22N2O2. The van der Waals surface area contributed by atoms with Crippen LogP contribution in [-0.4, -0.2) is 37.1 Å². The largest absolute Gasteiger partial charge is 0.398 e. The van der Waals surface area contributed by atoms with Gasteiger partial charge in [-0.25, -0.2) is 0 Å². The van der Waals surface area contributed by atoms with Gasteiger partial charge >= 0.3 is 0 Å². The summed E-state index contributed by atoms with van der Waals surface area (Å²) >= 11 is 0. The average molecular weight is 262 g/mol. The van der Waals surface area contributed by atoms with Gasteiger partial charge in [0.15, 0.2) is 0 Å². The molecule has 1 aromatic carbocycles. The van der Waals surface area contributed by atoms with Gasteiger partial charge in [-0.15, -0.1) is 0 Å². The number of anilines is 1. The number of nitrogen functional groups attached to an aromatic ring is 1. The summed E-state index contributed by atoms with van der Waals surface area (Å²) in [6.45, 7) is 5.14. The van der Waals surface area contributed by atoms with Crippen LogP contribution < -0.4 is 5.73 Å². The Morgan fingerprint density at radius 1 is 1.37 bits per heavy atom. The molecule has 4 heteroatoms. The van der Waals surface area contributed by atoms with E-state index in [9.17, 15) is 4.79 Å². The summed E-state index contributed by atoms with van der Waals surface area (Å²) in [4.78, 5) is 14.5. The van der Waals surface area contributed by atoms with Crippen molar-refractivity contribution >= 4 is 11.6 Å². The van der Waals surface area contributed by atoms with Crippen molar-refractivity contribution in [2.24, 2.45) is 0 Å². The Bertz CT molecular complexity index is 481. The third-order valence-electron chi connectivity index (χ3n) is 3.63. The van der Waals surface area contributed by atoms with Crippen LogP contribution in [0.2, 0.25) is 0 Å². The minimum Gasteiger partial charge on any atom is -0.398 e. The number of rotatable bonds is 5. The molecule has 0 atom stereocenters. The quantitative estimate of drug-likeness (QED) is 0.827. The fraction of sp³-hybridized carbons (Fsp3) is 0.533. The summed E-state index contributed by atoms with van der Waals surface area (Å²) in [5, 5.41) is 0. The molecule has 1 saturated carbocycles. The van der Waals surface area contributed by atoms with Crippen LogP contribution in [0.25, 0.3) is 0 Å². The number of nitrogens with zero attached hydrogens (tertiary/aromatic N) is 1. The Kier molecular flexibility index (Phi) is 4.10. The molecule has 0 heterocycles. The molecule has 0 bridgehead atoms. The molecule has 19 heavy (non-hydrogen) atoms. The second-order valence-corrected chi connectivity index (χ2v) is 5.25. The van der Waals surface area contributed by atoms with Crippen LogP contribution >= 0.6 is 0 Å². The molecule has 1 aliphatic carbocycles. The highest BCUT2D eigenvalue weighted by molar-refractivity contribution is 5.97. The molecule has 0 spiro atoms. The number of nitrogens with two attached hydrogens (primary N) is 1. The lowest BCUT2D eigenvalue weighted by molar-refractivity contribution is 0.0679. The summed E-state index contributed by atoms with van der Waals surface area (Å²) in [6.07, 6.45) is 2.19. The molecule has 2 N–H and O–H groups in total. The molecule has 1 fully saturated rings. The number of amides is 1. The first kappa shape index (κ1) is 13.9. The predicted octanol–water partition coefficient (Wildman–Crippen LogP) is 2.14. The summed E-state index contributed by atoms with van der Waals surface area (Å²) in [7, 11) is 1.66. The Morgan fingerprint density at radius 2 is 2.05 bits per heavy atom. The molecular weight excluding hydrogens is 240 g/mol. The molecule has 0 aromatic heterocycles. The summed E-state index contributed by atoms with van der Waals surface area (Å²) in [5.74, 6) is 0.0729. The first-order chi connectivity index (χ1) is 9.04. The number of hydrogen-bond acceptors (Lipinski definition) is 3. The van der Waals surface area contributed by atoms with Crippen LogP contribution in [0.5, 0.6) is 0 Å². The fourth-order valence-corrected chi connectivity index (χ4v) is 2.28. The molecule has 0 aliphatic heterocycles. The first-order valence-corrected chi connectivity index (χ1v) is 6.71. The van der Waals surface area contributed by atoms with Gasteiger partial charge in [0.2, 0.25) is 0 Å². The Balaban J connectivity index is 2.23. The van der Waals surface area contributed by atoms with Crippen LogP contribution in [0.15, 0.2) is 12.1 Å². The third kappa shape index (κ3) is 3.07. The molecule has 0 radical (unpaired) electrons. The Morgan fingerprint density at radius 3 is 2.63 bits per heavy atom. The smallest absolute Gasteiger partial charge is 0.254 e. The van der Waals surface area contributed by atoms with Crippen molar-refractivity contribution in [3.05, 3.63) is 28.8 Å². The molecule has 1 aliphatic rings. The van der Waals surface area contributed by atoms with E-state index in [1.807, 2.05) is 24.8 Å². The van der Waals surface area contributed by atoms with Gasteiger partial charge in [0.05, 0.1) is 6.61 Å². The van der Waals surface area contributed by atoms with Gasteiger partial charge < -0.3 is 15.4 Å². The van der Waals surface area contributed by atoms with Crippen LogP contribution in [-0.2, 0) is 4.74 Å². The van der Waals surface area contributed by atoms with Crippen molar-refractivity contribution in [2.75, 3.05) is 26.0 Å². The van der Waals surface area contributed by atoms with E-state index in [0.29, 0.717) is 30.4 Å². The lowest BCUT2D eigenvalue weighted by Gasteiger charge is -2.23. The van der Waals surface area contributed by atoms with E-state index in [1.54, 1.807) is 13.2 Å². The number of hydrogen-bond donors (Lipinski definition) is 1. The summed E-state index contributed by atoms with van der Waals surface area (Å²) < 4.78 is 5.09. The molecule has 104 valence electrons. The van der Waals surface area contributed by atoms with E-state index in [2.05, 4.69) is 0 Å². The van der Waals surface area contributed by atoms with Gasteiger partial charge in [0, 0.05) is 30.9 Å². The molecule has 0 unspecified atom stereocenters. The summed E-state index contributed by atoms with van der Waals surface area (Å²) in [6, 6.07) is 4.16. The molecule has 0 saturated heterocycles. The maximum absolute atomic E-state index is 12.6. The molecule has 1 amide bonds. The van der Waals surface area contributed by atoms with E-state index in [0.717, 1.165) is 24.0 Å². The van der Waals surface area contributed by atoms with Gasteiger partial charge in [-0.1, -0.05) is 6.07 Å². The second kappa shape index (κ2) is 5.61. The van der Waals surface area contributed by atoms with Gasteiger partial charge in [-0.2, -0.15) is 0 Å². The van der Waals surface area contributed by atoms with Gasteiger partial charge in [0.25, 0.3) is 5.91 Å². The zero-order valence-electron chi connectivity index (χ0n) is 11.9. The van der Waals surface area contributed by atoms with Crippen molar-refractivity contribution in [2.45, 2.75) is 32.7 Å². The van der Waals surface area contributed by atoms with Crippen molar-refractivity contribution in [1.82, 2.24) is 4.90 Å². The lowest BCUT2D eigenvalue weighted by Crippen LogP contribution is -2.36. The highest BCUT2D eigenvalue weighted by Gasteiger charge is 2.33. The van der Waals surface area contributed by atoms with Crippen LogP contribution in [0.1, 0.15) is 34.3 Å². The maximum atomic E-state index is 12.6. The van der Waals surface area contributed by atoms with E-state index < -0.39 is 0 Å². The lowest BCUT2D eigenvalue weighted by atomic mass is 10.0. The highest BCUT2D eigenvalue weighted by Crippen LogP contribution is 2.29. The number of carbonyl (C=O) groups is 1. The Labute approximate surface area is 114 Å². The number of carbonyl (C=O) groups excluding carboxylic acids is 1. The fourth-order valence-electron chi connectivity index (χ4n) is 2.28. The molecule has 4 nitrogen and oxygen atoms in total. The first-order valence-electron chi connectivity index (χ1n) is 6.71. The monoisotopic (exact) mass is 262 g/mol. The van der Waals surface area contributed by atoms with Crippen LogP contribution in [0.3, 0.4) is 0 Å².